The number of hydrogen-bond acceptors (Lipinski definition) is 7. The van der Waals surface area contributed by atoms with Crippen LogP contribution >= 0.6 is 7.82 Å². The van der Waals surface area contributed by atoms with E-state index in [1.54, 1.807) is 0 Å². The van der Waals surface area contributed by atoms with Gasteiger partial charge in [0.15, 0.2) is 11.6 Å². The molecule has 0 heterocycles. The number of fused-ring (bicyclic) bond motifs is 5. The first kappa shape index (κ1) is 21.4. The van der Waals surface area contributed by atoms with Crippen molar-refractivity contribution in [2.75, 3.05) is 6.61 Å². The van der Waals surface area contributed by atoms with Gasteiger partial charge in [0.1, 0.15) is 12.2 Å². The topological polar surface area (TPSA) is 127 Å². The molecule has 162 valence electrons. The Labute approximate surface area is 171 Å². The molecule has 7 nitrogen and oxygen atoms in total. The van der Waals surface area contributed by atoms with Crippen LogP contribution in [0.25, 0.3) is 0 Å². The van der Waals surface area contributed by atoms with E-state index in [0.717, 1.165) is 25.7 Å². The largest absolute Gasteiger partial charge is 0.790 e. The van der Waals surface area contributed by atoms with Crippen molar-refractivity contribution < 1.29 is 33.6 Å². The second-order valence-electron chi connectivity index (χ2n) is 9.97. The van der Waals surface area contributed by atoms with Gasteiger partial charge in [-0.05, 0) is 74.2 Å². The Hall–Kier alpha value is -0.850. The van der Waals surface area contributed by atoms with Gasteiger partial charge in [0.05, 0.1) is 7.82 Å². The predicted molar refractivity (Wildman–Crippen MR) is 100 cm³/mol. The van der Waals surface area contributed by atoms with E-state index in [0.29, 0.717) is 31.1 Å². The number of Topliss-reactive ketones (excluding diaryl/α,β-unsaturated/α-hetero) is 1. The molecule has 0 amide bonds. The Bertz CT molecular complexity index is 816. The molecule has 0 aliphatic heterocycles. The van der Waals surface area contributed by atoms with Crippen molar-refractivity contribution in [3.8, 4) is 0 Å². The molecule has 3 unspecified atom stereocenters. The van der Waals surface area contributed by atoms with Crippen LogP contribution in [0.1, 0.15) is 65.2 Å². The van der Waals surface area contributed by atoms with Gasteiger partial charge < -0.3 is 24.0 Å². The number of allylic oxidation sites excluding steroid dienone is 1. The maximum Gasteiger partial charge on any atom is 0.190 e. The number of carbonyl (C=O) groups excluding carboxylic acids is 2. The molecule has 4 aliphatic rings. The monoisotopic (exact) mass is 424 g/mol. The summed E-state index contributed by atoms with van der Waals surface area (Å²) in [4.78, 5) is 46.2. The Morgan fingerprint density at radius 2 is 1.86 bits per heavy atom. The standard InChI is InChI=1S/C21H31O7P/c1-19-8-5-14(22)11-13(19)3-4-15-16(19)6-9-20(2)17(15)7-10-21(20,24)18(23)12-28-29(25,26)27/h11,15-17,24H,3-10,12H2,1-2H3,(H2,25,26,27)/p-2/t15?,16?,17?,19-,20-,21-/m0/s1. The number of hydrogen-bond donors (Lipinski definition) is 1. The summed E-state index contributed by atoms with van der Waals surface area (Å²) in [5, 5.41) is 11.4. The van der Waals surface area contributed by atoms with Gasteiger partial charge in [-0.1, -0.05) is 19.4 Å². The molecule has 3 saturated carbocycles. The van der Waals surface area contributed by atoms with Crippen LogP contribution in [0.15, 0.2) is 11.6 Å². The molecule has 8 heteroatoms. The van der Waals surface area contributed by atoms with Gasteiger partial charge in [-0.3, -0.25) is 9.59 Å². The summed E-state index contributed by atoms with van der Waals surface area (Å²) in [5.41, 5.74) is -1.06. The fourth-order valence-electron chi connectivity index (χ4n) is 7.29. The van der Waals surface area contributed by atoms with Gasteiger partial charge in [0, 0.05) is 11.8 Å². The molecule has 0 aromatic carbocycles. The van der Waals surface area contributed by atoms with E-state index in [2.05, 4.69) is 11.4 Å². The summed E-state index contributed by atoms with van der Waals surface area (Å²) in [5.74, 6) is 0.436. The zero-order valence-electron chi connectivity index (χ0n) is 17.0. The highest BCUT2D eigenvalue weighted by Gasteiger charge is 2.66. The number of rotatable bonds is 4. The highest BCUT2D eigenvalue weighted by atomic mass is 31.2. The molecule has 4 aliphatic carbocycles. The third kappa shape index (κ3) is 3.21. The Morgan fingerprint density at radius 3 is 2.55 bits per heavy atom. The van der Waals surface area contributed by atoms with E-state index in [1.165, 1.54) is 5.57 Å². The van der Waals surface area contributed by atoms with Crippen molar-refractivity contribution in [3.63, 3.8) is 0 Å². The summed E-state index contributed by atoms with van der Waals surface area (Å²) in [7, 11) is -5.27. The third-order valence-electron chi connectivity index (χ3n) is 8.93. The third-order valence-corrected chi connectivity index (χ3v) is 9.37. The van der Waals surface area contributed by atoms with Gasteiger partial charge in [-0.25, -0.2) is 0 Å². The molecular weight excluding hydrogens is 395 g/mol. The maximum atomic E-state index is 12.7. The van der Waals surface area contributed by atoms with Crippen LogP contribution in [-0.2, 0) is 18.7 Å². The average molecular weight is 424 g/mol. The van der Waals surface area contributed by atoms with Crippen LogP contribution in [0.3, 0.4) is 0 Å². The summed E-state index contributed by atoms with van der Waals surface area (Å²) >= 11 is 0. The van der Waals surface area contributed by atoms with Crippen molar-refractivity contribution in [1.29, 1.82) is 0 Å². The number of ketones is 2. The smallest absolute Gasteiger partial charge is 0.190 e. The molecule has 0 aromatic heterocycles. The van der Waals surface area contributed by atoms with Crippen LogP contribution in [0, 0.1) is 28.6 Å². The zero-order chi connectivity index (χ0) is 21.2. The van der Waals surface area contributed by atoms with E-state index in [9.17, 15) is 29.0 Å². The van der Waals surface area contributed by atoms with Crippen molar-refractivity contribution in [3.05, 3.63) is 11.6 Å². The average Bonchev–Trinajstić information content (AvgIpc) is 2.92. The molecule has 0 bridgehead atoms. The van der Waals surface area contributed by atoms with Crippen LogP contribution in [0.5, 0.6) is 0 Å². The minimum absolute atomic E-state index is 0.00371. The molecule has 1 N–H and O–H groups in total. The Kier molecular flexibility index (Phi) is 5.03. The van der Waals surface area contributed by atoms with Crippen LogP contribution in [0.4, 0.5) is 0 Å². The van der Waals surface area contributed by atoms with Gasteiger partial charge in [-0.2, -0.15) is 0 Å². The molecule has 0 spiro atoms. The van der Waals surface area contributed by atoms with Crippen molar-refractivity contribution in [1.82, 2.24) is 0 Å². The first-order valence-corrected chi connectivity index (χ1v) is 12.0. The number of phosphoric ester groups is 1. The van der Waals surface area contributed by atoms with E-state index >= 15 is 0 Å². The van der Waals surface area contributed by atoms with Gasteiger partial charge in [0.2, 0.25) is 0 Å². The Morgan fingerprint density at radius 1 is 1.17 bits per heavy atom. The predicted octanol–water partition coefficient (Wildman–Crippen LogP) is 1.66. The summed E-state index contributed by atoms with van der Waals surface area (Å²) < 4.78 is 15.0. The van der Waals surface area contributed by atoms with E-state index in [-0.39, 0.29) is 23.5 Å². The fraction of sp³-hybridized carbons (Fsp3) is 0.810. The van der Waals surface area contributed by atoms with Crippen LogP contribution in [0.2, 0.25) is 0 Å². The van der Waals surface area contributed by atoms with Gasteiger partial charge >= 0.3 is 0 Å². The lowest BCUT2D eigenvalue weighted by atomic mass is 9.46. The first-order valence-electron chi connectivity index (χ1n) is 10.6. The van der Waals surface area contributed by atoms with Crippen molar-refractivity contribution >= 4 is 19.4 Å². The minimum atomic E-state index is -5.27. The molecular formula is C21H29O7P-2. The highest BCUT2D eigenvalue weighted by molar-refractivity contribution is 7.43. The molecule has 0 saturated heterocycles. The number of phosphoric acid groups is 1. The quantitative estimate of drug-likeness (QED) is 0.680. The van der Waals surface area contributed by atoms with Crippen molar-refractivity contribution in [2.24, 2.45) is 28.6 Å². The zero-order valence-corrected chi connectivity index (χ0v) is 17.9. The number of aliphatic hydroxyl groups is 1. The molecule has 0 radical (unpaired) electrons. The highest BCUT2D eigenvalue weighted by Crippen LogP contribution is 2.67. The molecule has 29 heavy (non-hydrogen) atoms. The Balaban J connectivity index is 1.59. The first-order chi connectivity index (χ1) is 13.4. The van der Waals surface area contributed by atoms with E-state index in [1.807, 2.05) is 13.0 Å². The number of carbonyl (C=O) groups is 2. The lowest BCUT2D eigenvalue weighted by Gasteiger charge is -2.58. The SMILES string of the molecule is C[C@]12CCC(=O)C=C1CCC1C2CC[C@@]2(C)C1CC[C@]2(O)C(=O)COP(=O)([O-])[O-]. The van der Waals surface area contributed by atoms with Crippen LogP contribution < -0.4 is 9.79 Å². The van der Waals surface area contributed by atoms with Gasteiger partial charge in [0.25, 0.3) is 0 Å². The summed E-state index contributed by atoms with van der Waals surface area (Å²) in [6.45, 7) is 3.31. The minimum Gasteiger partial charge on any atom is -0.790 e. The van der Waals surface area contributed by atoms with Crippen LogP contribution in [-0.4, -0.2) is 28.9 Å². The van der Waals surface area contributed by atoms with E-state index in [4.69, 9.17) is 0 Å². The van der Waals surface area contributed by atoms with Crippen molar-refractivity contribution in [2.45, 2.75) is 70.8 Å². The molecule has 6 atom stereocenters. The maximum absolute atomic E-state index is 12.7. The molecule has 4 rings (SSSR count). The normalized spacial score (nSPS) is 44.5. The fourth-order valence-corrected chi connectivity index (χ4v) is 7.57. The summed E-state index contributed by atoms with van der Waals surface area (Å²) in [6, 6.07) is 0. The second kappa shape index (κ2) is 6.83. The summed E-state index contributed by atoms with van der Waals surface area (Å²) in [6.07, 6.45) is 7.58. The molecule has 0 aromatic rings. The molecule has 3 fully saturated rings. The van der Waals surface area contributed by atoms with E-state index < -0.39 is 31.2 Å². The van der Waals surface area contributed by atoms with Gasteiger partial charge in [-0.15, -0.1) is 0 Å². The lowest BCUT2D eigenvalue weighted by Crippen LogP contribution is -2.58. The lowest BCUT2D eigenvalue weighted by molar-refractivity contribution is -0.341. The second-order valence-corrected chi connectivity index (χ2v) is 11.1.